The van der Waals surface area contributed by atoms with Crippen molar-refractivity contribution in [3.63, 3.8) is 0 Å². The van der Waals surface area contributed by atoms with E-state index in [9.17, 15) is 4.79 Å². The van der Waals surface area contributed by atoms with E-state index < -0.39 is 0 Å². The predicted octanol–water partition coefficient (Wildman–Crippen LogP) is 2.34. The van der Waals surface area contributed by atoms with Crippen molar-refractivity contribution in [1.82, 2.24) is 4.90 Å². The summed E-state index contributed by atoms with van der Waals surface area (Å²) in [6, 6.07) is 5.63. The van der Waals surface area contributed by atoms with Gasteiger partial charge < -0.3 is 14.4 Å². The van der Waals surface area contributed by atoms with Gasteiger partial charge in [-0.25, -0.2) is 0 Å². The standard InChI is InChI=1S/C16H19NO3/c1-19-13-3-4-15(20-2)12(9-13)10-14-16(18)11-5-7-17(14)8-6-11/h3-4,9-11H,5-8H2,1-2H3. The number of hydrogen-bond acceptors (Lipinski definition) is 4. The molecule has 3 fully saturated rings. The lowest BCUT2D eigenvalue weighted by Crippen LogP contribution is -2.45. The van der Waals surface area contributed by atoms with Gasteiger partial charge in [0.2, 0.25) is 0 Å². The van der Waals surface area contributed by atoms with Crippen LogP contribution in [0.4, 0.5) is 0 Å². The average Bonchev–Trinajstić information content (AvgIpc) is 2.51. The minimum Gasteiger partial charge on any atom is -0.497 e. The fourth-order valence-corrected chi connectivity index (χ4v) is 3.01. The molecular formula is C16H19NO3. The van der Waals surface area contributed by atoms with Crippen LogP contribution >= 0.6 is 0 Å². The number of hydrogen-bond donors (Lipinski definition) is 0. The summed E-state index contributed by atoms with van der Waals surface area (Å²) in [6.07, 6.45) is 3.92. The Balaban J connectivity index is 2.00. The molecule has 20 heavy (non-hydrogen) atoms. The SMILES string of the molecule is COc1ccc(OC)c(C=C2C(=O)C3CCN2CC3)c1. The largest absolute Gasteiger partial charge is 0.497 e. The van der Waals surface area contributed by atoms with Crippen LogP contribution in [0.3, 0.4) is 0 Å². The number of carbonyl (C=O) groups is 1. The fourth-order valence-electron chi connectivity index (χ4n) is 3.01. The van der Waals surface area contributed by atoms with Crippen molar-refractivity contribution >= 4 is 11.9 Å². The summed E-state index contributed by atoms with van der Waals surface area (Å²) in [5.74, 6) is 2.00. The molecule has 1 aromatic carbocycles. The summed E-state index contributed by atoms with van der Waals surface area (Å²) < 4.78 is 10.6. The molecule has 4 nitrogen and oxygen atoms in total. The number of rotatable bonds is 3. The van der Waals surface area contributed by atoms with Gasteiger partial charge in [-0.3, -0.25) is 4.79 Å². The van der Waals surface area contributed by atoms with E-state index in [2.05, 4.69) is 4.90 Å². The van der Waals surface area contributed by atoms with E-state index in [-0.39, 0.29) is 11.7 Å². The molecule has 0 radical (unpaired) electrons. The first-order valence-corrected chi connectivity index (χ1v) is 6.96. The first-order valence-electron chi connectivity index (χ1n) is 6.96. The highest BCUT2D eigenvalue weighted by Gasteiger charge is 2.36. The van der Waals surface area contributed by atoms with Crippen molar-refractivity contribution in [3.05, 3.63) is 29.5 Å². The molecule has 0 N–H and O–H groups in total. The maximum atomic E-state index is 12.4. The highest BCUT2D eigenvalue weighted by molar-refractivity contribution is 6.02. The van der Waals surface area contributed by atoms with Gasteiger partial charge in [0, 0.05) is 24.6 Å². The Kier molecular flexibility index (Phi) is 3.38. The number of fused-ring (bicyclic) bond motifs is 3. The number of benzene rings is 1. The van der Waals surface area contributed by atoms with E-state index in [4.69, 9.17) is 9.47 Å². The Morgan fingerprint density at radius 1 is 1.20 bits per heavy atom. The van der Waals surface area contributed by atoms with Crippen LogP contribution in [0.2, 0.25) is 0 Å². The van der Waals surface area contributed by atoms with E-state index in [0.717, 1.165) is 48.7 Å². The lowest BCUT2D eigenvalue weighted by Gasteiger charge is -2.41. The van der Waals surface area contributed by atoms with Gasteiger partial charge in [-0.2, -0.15) is 0 Å². The third-order valence-corrected chi connectivity index (χ3v) is 4.19. The van der Waals surface area contributed by atoms with E-state index in [1.807, 2.05) is 24.3 Å². The summed E-state index contributed by atoms with van der Waals surface area (Å²) in [4.78, 5) is 14.5. The van der Waals surface area contributed by atoms with E-state index in [1.54, 1.807) is 14.2 Å². The molecular weight excluding hydrogens is 254 g/mol. The number of ketones is 1. The first-order chi connectivity index (χ1) is 9.72. The molecule has 3 heterocycles. The Labute approximate surface area is 119 Å². The molecule has 0 spiro atoms. The number of carbonyl (C=O) groups excluding carboxylic acids is 1. The second-order valence-electron chi connectivity index (χ2n) is 5.26. The fraction of sp³-hybridized carbons (Fsp3) is 0.438. The average molecular weight is 273 g/mol. The smallest absolute Gasteiger partial charge is 0.182 e. The molecule has 4 rings (SSSR count). The lowest BCUT2D eigenvalue weighted by molar-refractivity contribution is -0.125. The van der Waals surface area contributed by atoms with E-state index in [0.29, 0.717) is 0 Å². The monoisotopic (exact) mass is 273 g/mol. The normalized spacial score (nSPS) is 20.6. The van der Waals surface area contributed by atoms with Gasteiger partial charge in [-0.1, -0.05) is 0 Å². The van der Waals surface area contributed by atoms with Crippen LogP contribution in [0.25, 0.3) is 6.08 Å². The molecule has 3 saturated heterocycles. The van der Waals surface area contributed by atoms with Crippen molar-refractivity contribution in [2.24, 2.45) is 5.92 Å². The molecule has 1 aromatic rings. The lowest BCUT2D eigenvalue weighted by atomic mass is 9.84. The summed E-state index contributed by atoms with van der Waals surface area (Å²) in [5.41, 5.74) is 1.71. The number of nitrogens with zero attached hydrogens (tertiary/aromatic N) is 1. The molecule has 106 valence electrons. The second kappa shape index (κ2) is 5.19. The summed E-state index contributed by atoms with van der Waals surface area (Å²) in [6.45, 7) is 1.96. The summed E-state index contributed by atoms with van der Waals surface area (Å²) >= 11 is 0. The van der Waals surface area contributed by atoms with Crippen molar-refractivity contribution in [2.45, 2.75) is 12.8 Å². The quantitative estimate of drug-likeness (QED) is 0.792. The van der Waals surface area contributed by atoms with E-state index >= 15 is 0 Å². The van der Waals surface area contributed by atoms with Crippen LogP contribution in [-0.2, 0) is 4.79 Å². The zero-order chi connectivity index (χ0) is 14.1. The Morgan fingerprint density at radius 3 is 2.55 bits per heavy atom. The molecule has 0 amide bonds. The van der Waals surface area contributed by atoms with Gasteiger partial charge in [0.25, 0.3) is 0 Å². The Bertz CT molecular complexity index is 557. The molecule has 0 unspecified atom stereocenters. The van der Waals surface area contributed by atoms with Crippen molar-refractivity contribution < 1.29 is 14.3 Å². The van der Waals surface area contributed by atoms with Crippen molar-refractivity contribution in [1.29, 1.82) is 0 Å². The predicted molar refractivity (Wildman–Crippen MR) is 76.8 cm³/mol. The van der Waals surface area contributed by atoms with Crippen LogP contribution in [0.1, 0.15) is 18.4 Å². The molecule has 0 atom stereocenters. The Morgan fingerprint density at radius 2 is 1.95 bits per heavy atom. The Hall–Kier alpha value is -1.97. The minimum absolute atomic E-state index is 0.211. The van der Waals surface area contributed by atoms with Crippen molar-refractivity contribution in [3.8, 4) is 11.5 Å². The molecule has 4 heteroatoms. The van der Waals surface area contributed by atoms with Crippen LogP contribution in [0, 0.1) is 5.92 Å². The van der Waals surface area contributed by atoms with Crippen molar-refractivity contribution in [2.75, 3.05) is 27.3 Å². The van der Waals surface area contributed by atoms with Gasteiger partial charge in [0.05, 0.1) is 19.9 Å². The number of piperidine rings is 3. The minimum atomic E-state index is 0.211. The summed E-state index contributed by atoms with van der Waals surface area (Å²) in [5, 5.41) is 0. The maximum Gasteiger partial charge on any atom is 0.182 e. The molecule has 0 aromatic heterocycles. The van der Waals surface area contributed by atoms with Gasteiger partial charge in [-0.05, 0) is 37.1 Å². The third kappa shape index (κ3) is 2.15. The summed E-state index contributed by atoms with van der Waals surface area (Å²) in [7, 11) is 3.27. The maximum absolute atomic E-state index is 12.4. The van der Waals surface area contributed by atoms with Gasteiger partial charge in [-0.15, -0.1) is 0 Å². The zero-order valence-electron chi connectivity index (χ0n) is 11.9. The van der Waals surface area contributed by atoms with Crippen LogP contribution in [-0.4, -0.2) is 38.0 Å². The van der Waals surface area contributed by atoms with Gasteiger partial charge in [0.15, 0.2) is 5.78 Å². The highest BCUT2D eigenvalue weighted by atomic mass is 16.5. The third-order valence-electron chi connectivity index (χ3n) is 4.19. The van der Waals surface area contributed by atoms with Crippen LogP contribution in [0.15, 0.2) is 23.9 Å². The van der Waals surface area contributed by atoms with Gasteiger partial charge in [0.1, 0.15) is 11.5 Å². The van der Waals surface area contributed by atoms with Crippen LogP contribution in [0.5, 0.6) is 11.5 Å². The number of Topliss-reactive ketones (excluding diaryl/α,β-unsaturated/α-hetero) is 1. The molecule has 3 aliphatic rings. The van der Waals surface area contributed by atoms with Gasteiger partial charge >= 0.3 is 0 Å². The number of allylic oxidation sites excluding steroid dienone is 1. The molecule has 2 bridgehead atoms. The number of ether oxygens (including phenoxy) is 2. The molecule has 0 aliphatic carbocycles. The molecule has 0 saturated carbocycles. The highest BCUT2D eigenvalue weighted by Crippen LogP contribution is 2.34. The first kappa shape index (κ1) is 13.0. The molecule has 3 aliphatic heterocycles. The second-order valence-corrected chi connectivity index (χ2v) is 5.26. The topological polar surface area (TPSA) is 38.8 Å². The van der Waals surface area contributed by atoms with Crippen LogP contribution < -0.4 is 9.47 Å². The zero-order valence-corrected chi connectivity index (χ0v) is 11.9. The number of methoxy groups -OCH3 is 2. The van der Waals surface area contributed by atoms with E-state index in [1.165, 1.54) is 0 Å².